The summed E-state index contributed by atoms with van der Waals surface area (Å²) < 4.78 is 60.8. The Labute approximate surface area is 247 Å². The van der Waals surface area contributed by atoms with Crippen LogP contribution in [0.3, 0.4) is 0 Å². The molecule has 2 fully saturated rings. The van der Waals surface area contributed by atoms with Gasteiger partial charge in [-0.2, -0.15) is 18.2 Å². The quantitative estimate of drug-likeness (QED) is 0.278. The van der Waals surface area contributed by atoms with Gasteiger partial charge in [-0.15, -0.1) is 0 Å². The van der Waals surface area contributed by atoms with E-state index in [0.29, 0.717) is 56.2 Å². The number of carbonyl (C=O) groups excluding carboxylic acids is 1. The molecule has 0 aliphatic carbocycles. The van der Waals surface area contributed by atoms with Gasteiger partial charge < -0.3 is 23.7 Å². The summed E-state index contributed by atoms with van der Waals surface area (Å²) in [6.07, 6.45) is 1.04. The minimum atomic E-state index is -4.69. The number of likely N-dealkylation sites (tertiary alicyclic amines) is 1. The maximum Gasteiger partial charge on any atom is 0.421 e. The zero-order chi connectivity index (χ0) is 30.1. The number of piperidine rings is 1. The number of hydrogen-bond acceptors (Lipinski definition) is 7. The average Bonchev–Trinajstić information content (AvgIpc) is 3.58. The minimum Gasteiger partial charge on any atom is -0.477 e. The lowest BCUT2D eigenvalue weighted by atomic mass is 9.94. The number of carbonyl (C=O) groups is 1. The lowest BCUT2D eigenvalue weighted by Crippen LogP contribution is -2.41. The predicted octanol–water partition coefficient (Wildman–Crippen LogP) is 6.62. The van der Waals surface area contributed by atoms with Crippen LogP contribution in [0.1, 0.15) is 52.0 Å². The van der Waals surface area contributed by atoms with E-state index in [0.717, 1.165) is 25.3 Å². The molecule has 0 bridgehead atoms. The lowest BCUT2D eigenvalue weighted by Gasteiger charge is -2.33. The first-order chi connectivity index (χ1) is 19.9. The number of aromatic nitrogens is 4. The van der Waals surface area contributed by atoms with Crippen molar-refractivity contribution in [3.8, 4) is 17.1 Å². The highest BCUT2D eigenvalue weighted by Gasteiger charge is 2.36. The Morgan fingerprint density at radius 1 is 1.14 bits per heavy atom. The van der Waals surface area contributed by atoms with Gasteiger partial charge in [0.25, 0.3) is 0 Å². The van der Waals surface area contributed by atoms with Crippen molar-refractivity contribution in [2.75, 3.05) is 32.9 Å². The highest BCUT2D eigenvalue weighted by molar-refractivity contribution is 6.28. The fourth-order valence-corrected chi connectivity index (χ4v) is 5.53. The molecule has 5 heterocycles. The van der Waals surface area contributed by atoms with Gasteiger partial charge in [-0.3, -0.25) is 0 Å². The van der Waals surface area contributed by atoms with Crippen LogP contribution >= 0.6 is 11.6 Å². The summed E-state index contributed by atoms with van der Waals surface area (Å²) in [5, 5.41) is 0.520. The molecule has 0 radical (unpaired) electrons. The topological polar surface area (TPSA) is 91.6 Å². The largest absolute Gasteiger partial charge is 0.477 e. The van der Waals surface area contributed by atoms with Crippen LogP contribution in [0, 0.1) is 11.8 Å². The molecule has 2 aliphatic rings. The summed E-state index contributed by atoms with van der Waals surface area (Å²) >= 11 is 6.22. The van der Waals surface area contributed by atoms with Crippen molar-refractivity contribution in [1.29, 1.82) is 0 Å². The zero-order valence-corrected chi connectivity index (χ0v) is 24.7. The Morgan fingerprint density at radius 2 is 1.90 bits per heavy atom. The summed E-state index contributed by atoms with van der Waals surface area (Å²) in [6, 6.07) is 2.78. The van der Waals surface area contributed by atoms with Crippen LogP contribution in [0.4, 0.5) is 18.0 Å². The number of fused-ring (bicyclic) bond motifs is 1. The Bertz CT molecular complexity index is 1410. The van der Waals surface area contributed by atoms with Crippen LogP contribution in [-0.4, -0.2) is 69.0 Å². The summed E-state index contributed by atoms with van der Waals surface area (Å²) in [5.74, 6) is 0.0615. The molecule has 9 nitrogen and oxygen atoms in total. The van der Waals surface area contributed by atoms with Crippen LogP contribution in [-0.2, 0) is 22.2 Å². The number of ether oxygens (including phenoxy) is 3. The highest BCUT2D eigenvalue weighted by Crippen LogP contribution is 2.39. The Hall–Kier alpha value is -3.12. The Balaban J connectivity index is 1.27. The third kappa shape index (κ3) is 7.26. The molecule has 0 N–H and O–H groups in total. The van der Waals surface area contributed by atoms with Crippen molar-refractivity contribution in [2.24, 2.45) is 11.8 Å². The average molecular weight is 610 g/mol. The van der Waals surface area contributed by atoms with E-state index in [2.05, 4.69) is 15.0 Å². The molecule has 1 unspecified atom stereocenters. The van der Waals surface area contributed by atoms with Gasteiger partial charge in [-0.25, -0.2) is 14.8 Å². The fraction of sp³-hybridized carbons (Fsp3) is 0.586. The molecular weight excluding hydrogens is 575 g/mol. The Morgan fingerprint density at radius 3 is 2.57 bits per heavy atom. The second kappa shape index (κ2) is 12.2. The van der Waals surface area contributed by atoms with Gasteiger partial charge in [0.1, 0.15) is 16.8 Å². The molecular formula is C29H35ClF3N5O4. The minimum absolute atomic E-state index is 0.0632. The van der Waals surface area contributed by atoms with E-state index in [1.807, 2.05) is 31.5 Å². The van der Waals surface area contributed by atoms with Crippen LogP contribution in [0.5, 0.6) is 5.88 Å². The number of pyridine rings is 1. The Kier molecular flexibility index (Phi) is 8.84. The molecule has 13 heteroatoms. The summed E-state index contributed by atoms with van der Waals surface area (Å²) in [7, 11) is 0. The van der Waals surface area contributed by atoms with E-state index < -0.39 is 23.2 Å². The van der Waals surface area contributed by atoms with Crippen molar-refractivity contribution >= 4 is 28.7 Å². The molecule has 3 aromatic rings. The SMILES string of the molecule is CC(C)(C)OC(=O)N1CCC(CCOc2ncc(-c3nc(Cl)nc4c3ccn4CC3CCOC3)cc2C(F)(F)F)CC1. The molecule has 5 rings (SSSR count). The molecule has 2 saturated heterocycles. The van der Waals surface area contributed by atoms with E-state index in [1.165, 1.54) is 6.20 Å². The van der Waals surface area contributed by atoms with E-state index in [1.54, 1.807) is 11.0 Å². The van der Waals surface area contributed by atoms with Gasteiger partial charge in [0, 0.05) is 55.5 Å². The van der Waals surface area contributed by atoms with Crippen molar-refractivity contribution in [1.82, 2.24) is 24.4 Å². The first-order valence-electron chi connectivity index (χ1n) is 14.2. The summed E-state index contributed by atoms with van der Waals surface area (Å²) in [5.41, 5.74) is -0.566. The van der Waals surface area contributed by atoms with Crippen LogP contribution in [0.15, 0.2) is 24.5 Å². The normalized spacial score (nSPS) is 18.5. The van der Waals surface area contributed by atoms with Gasteiger partial charge in [0.2, 0.25) is 11.2 Å². The van der Waals surface area contributed by atoms with E-state index in [9.17, 15) is 18.0 Å². The number of amides is 1. The summed E-state index contributed by atoms with van der Waals surface area (Å²) in [4.78, 5) is 26.6. The molecule has 1 atom stereocenters. The second-order valence-corrected chi connectivity index (χ2v) is 12.2. The van der Waals surface area contributed by atoms with Crippen LogP contribution in [0.25, 0.3) is 22.3 Å². The van der Waals surface area contributed by atoms with E-state index in [-0.39, 0.29) is 35.2 Å². The third-order valence-electron chi connectivity index (χ3n) is 7.53. The first-order valence-corrected chi connectivity index (χ1v) is 14.5. The number of nitrogens with zero attached hydrogens (tertiary/aromatic N) is 5. The van der Waals surface area contributed by atoms with Crippen LogP contribution in [0.2, 0.25) is 5.28 Å². The van der Waals surface area contributed by atoms with Crippen molar-refractivity contribution in [3.05, 3.63) is 35.4 Å². The van der Waals surface area contributed by atoms with Gasteiger partial charge in [0.15, 0.2) is 0 Å². The van der Waals surface area contributed by atoms with Gasteiger partial charge in [-0.1, -0.05) is 0 Å². The lowest BCUT2D eigenvalue weighted by molar-refractivity contribution is -0.139. The number of halogens is 4. The van der Waals surface area contributed by atoms with Crippen molar-refractivity contribution < 1.29 is 32.2 Å². The van der Waals surface area contributed by atoms with Crippen molar-refractivity contribution in [2.45, 2.75) is 64.8 Å². The number of alkyl halides is 3. The maximum absolute atomic E-state index is 14.1. The standard InChI is InChI=1S/C29H35ClF3N5O4/c1-28(2,3)42-27(39)37-9-4-18(5-10-37)8-13-41-25-22(29(31,32)33)14-20(15-34-25)23-21-6-11-38(16-19-7-12-40-17-19)24(21)36-26(30)35-23/h6,11,14-15,18-19H,4-5,7-10,12-13,16-17H2,1-3H3. The molecule has 0 saturated carbocycles. The monoisotopic (exact) mass is 609 g/mol. The second-order valence-electron chi connectivity index (χ2n) is 11.9. The molecule has 3 aromatic heterocycles. The molecule has 1 amide bonds. The van der Waals surface area contributed by atoms with Gasteiger partial charge in [0.05, 0.1) is 18.9 Å². The van der Waals surface area contributed by atoms with Gasteiger partial charge in [-0.05, 0) is 76.1 Å². The maximum atomic E-state index is 14.1. The molecule has 42 heavy (non-hydrogen) atoms. The van der Waals surface area contributed by atoms with Crippen molar-refractivity contribution in [3.63, 3.8) is 0 Å². The summed E-state index contributed by atoms with van der Waals surface area (Å²) in [6.45, 7) is 8.61. The van der Waals surface area contributed by atoms with Crippen LogP contribution < -0.4 is 4.74 Å². The third-order valence-corrected chi connectivity index (χ3v) is 7.70. The highest BCUT2D eigenvalue weighted by atomic mass is 35.5. The fourth-order valence-electron chi connectivity index (χ4n) is 5.36. The molecule has 0 spiro atoms. The van der Waals surface area contributed by atoms with Gasteiger partial charge >= 0.3 is 12.3 Å². The first kappa shape index (κ1) is 30.3. The molecule has 228 valence electrons. The predicted molar refractivity (Wildman–Crippen MR) is 150 cm³/mol. The zero-order valence-electron chi connectivity index (χ0n) is 23.9. The number of rotatable bonds is 7. The smallest absolute Gasteiger partial charge is 0.421 e. The van der Waals surface area contributed by atoms with E-state index >= 15 is 0 Å². The molecule has 0 aromatic carbocycles. The molecule has 2 aliphatic heterocycles. The van der Waals surface area contributed by atoms with E-state index in [4.69, 9.17) is 25.8 Å². The number of hydrogen-bond donors (Lipinski definition) is 0.